The van der Waals surface area contributed by atoms with Gasteiger partial charge in [-0.15, -0.1) is 0 Å². The molecule has 0 amide bonds. The van der Waals surface area contributed by atoms with Crippen molar-refractivity contribution < 1.29 is 4.74 Å². The van der Waals surface area contributed by atoms with Gasteiger partial charge in [0, 0.05) is 16.6 Å². The molecule has 17 heavy (non-hydrogen) atoms. The first-order valence-corrected chi connectivity index (χ1v) is 6.76. The molecule has 0 atom stereocenters. The molecule has 1 aromatic rings. The Labute approximate surface area is 116 Å². The summed E-state index contributed by atoms with van der Waals surface area (Å²) in [7, 11) is 0. The van der Waals surface area contributed by atoms with Crippen LogP contribution in [0.15, 0.2) is 29.3 Å². The van der Waals surface area contributed by atoms with E-state index in [2.05, 4.69) is 34.7 Å². The lowest BCUT2D eigenvalue weighted by Crippen LogP contribution is -2.15. The van der Waals surface area contributed by atoms with E-state index in [0.717, 1.165) is 35.3 Å². The molecular weight excluding hydrogens is 302 g/mol. The van der Waals surface area contributed by atoms with Crippen LogP contribution in [0.4, 0.5) is 0 Å². The highest BCUT2D eigenvalue weighted by Gasteiger charge is 2.08. The second-order valence-corrected chi connectivity index (χ2v) is 5.24. The molecule has 0 fully saturated rings. The van der Waals surface area contributed by atoms with Gasteiger partial charge in [-0.25, -0.2) is 0 Å². The first kappa shape index (κ1) is 14.6. The van der Waals surface area contributed by atoms with Gasteiger partial charge in [-0.05, 0) is 19.0 Å². The van der Waals surface area contributed by atoms with Crippen molar-refractivity contribution in [2.45, 2.75) is 19.9 Å². The molecule has 2 nitrogen and oxygen atoms in total. The number of halogens is 2. The molecule has 0 bridgehead atoms. The molecule has 1 rings (SSSR count). The topological polar surface area (TPSA) is 21.3 Å². The quantitative estimate of drug-likeness (QED) is 0.763. The van der Waals surface area contributed by atoms with Gasteiger partial charge in [0.25, 0.3) is 0 Å². The fourth-order valence-corrected chi connectivity index (χ4v) is 1.77. The third-order valence-corrected chi connectivity index (χ3v) is 2.69. The summed E-state index contributed by atoms with van der Waals surface area (Å²) in [5.41, 5.74) is 1.07. The number of rotatable bonds is 7. The third kappa shape index (κ3) is 5.11. The predicted octanol–water partition coefficient (Wildman–Crippen LogP) is 4.13. The second kappa shape index (κ2) is 7.75. The van der Waals surface area contributed by atoms with E-state index < -0.39 is 0 Å². The van der Waals surface area contributed by atoms with Crippen LogP contribution >= 0.6 is 27.5 Å². The molecule has 94 valence electrons. The van der Waals surface area contributed by atoms with Crippen LogP contribution in [0.25, 0.3) is 0 Å². The molecule has 0 aromatic heterocycles. The summed E-state index contributed by atoms with van der Waals surface area (Å²) in [6.07, 6.45) is 1.11. The van der Waals surface area contributed by atoms with Crippen LogP contribution < -0.4 is 10.1 Å². The number of ether oxygens (including phenoxy) is 1. The van der Waals surface area contributed by atoms with Crippen LogP contribution in [-0.2, 0) is 6.54 Å². The first-order chi connectivity index (χ1) is 8.15. The average Bonchev–Trinajstić information content (AvgIpc) is 2.28. The molecule has 0 aliphatic heterocycles. The Morgan fingerprint density at radius 1 is 1.53 bits per heavy atom. The summed E-state index contributed by atoms with van der Waals surface area (Å²) in [6, 6.07) is 5.78. The van der Waals surface area contributed by atoms with E-state index >= 15 is 0 Å². The van der Waals surface area contributed by atoms with Crippen LogP contribution in [0.1, 0.15) is 18.9 Å². The van der Waals surface area contributed by atoms with Gasteiger partial charge in [0.15, 0.2) is 0 Å². The van der Waals surface area contributed by atoms with Crippen molar-refractivity contribution in [3.63, 3.8) is 0 Å². The summed E-state index contributed by atoms with van der Waals surface area (Å²) in [5, 5.41) is 3.97. The fourth-order valence-electron chi connectivity index (χ4n) is 1.40. The normalized spacial score (nSPS) is 10.3. The molecule has 0 aliphatic carbocycles. The monoisotopic (exact) mass is 317 g/mol. The van der Waals surface area contributed by atoms with E-state index in [9.17, 15) is 0 Å². The molecule has 0 saturated carbocycles. The maximum absolute atomic E-state index is 6.13. The molecule has 0 heterocycles. The van der Waals surface area contributed by atoms with Gasteiger partial charge < -0.3 is 10.1 Å². The molecule has 0 spiro atoms. The second-order valence-electron chi connectivity index (χ2n) is 3.71. The van der Waals surface area contributed by atoms with E-state index in [1.54, 1.807) is 0 Å². The van der Waals surface area contributed by atoms with E-state index in [0.29, 0.717) is 11.6 Å². The highest BCUT2D eigenvalue weighted by Crippen LogP contribution is 2.29. The van der Waals surface area contributed by atoms with Crippen LogP contribution in [0.5, 0.6) is 5.75 Å². The lowest BCUT2D eigenvalue weighted by Gasteiger charge is -2.13. The Kier molecular flexibility index (Phi) is 6.63. The minimum absolute atomic E-state index is 0.421. The number of hydrogen-bond acceptors (Lipinski definition) is 2. The number of para-hydroxylation sites is 1. The zero-order valence-corrected chi connectivity index (χ0v) is 12.3. The molecule has 0 saturated heterocycles. The van der Waals surface area contributed by atoms with Gasteiger partial charge in [-0.2, -0.15) is 0 Å². The fraction of sp³-hybridized carbons (Fsp3) is 0.385. The van der Waals surface area contributed by atoms with Crippen LogP contribution in [0.2, 0.25) is 5.02 Å². The zero-order valence-electron chi connectivity index (χ0n) is 9.93. The van der Waals surface area contributed by atoms with Crippen molar-refractivity contribution in [2.24, 2.45) is 0 Å². The molecule has 1 aromatic carbocycles. The average molecular weight is 319 g/mol. The SMILES string of the molecule is C=C(Br)COc1c(Cl)cccc1CNCCC. The molecule has 0 radical (unpaired) electrons. The molecule has 0 aliphatic rings. The Balaban J connectivity index is 2.73. The van der Waals surface area contributed by atoms with Gasteiger partial charge in [0.05, 0.1) is 5.02 Å². The summed E-state index contributed by atoms with van der Waals surface area (Å²) in [4.78, 5) is 0. The Morgan fingerprint density at radius 2 is 2.29 bits per heavy atom. The number of hydrogen-bond donors (Lipinski definition) is 1. The molecule has 0 unspecified atom stereocenters. The highest BCUT2D eigenvalue weighted by atomic mass is 79.9. The standard InChI is InChI=1S/C13H17BrClNO/c1-3-7-16-8-11-5-4-6-12(15)13(11)17-9-10(2)14/h4-6,16H,2-3,7-9H2,1H3. The maximum atomic E-state index is 6.13. The van der Waals surface area contributed by atoms with Crippen molar-refractivity contribution in [2.75, 3.05) is 13.2 Å². The van der Waals surface area contributed by atoms with Gasteiger partial charge in [-0.3, -0.25) is 0 Å². The summed E-state index contributed by atoms with van der Waals surface area (Å²) in [5.74, 6) is 0.735. The van der Waals surface area contributed by atoms with Gasteiger partial charge in [-0.1, -0.05) is 53.2 Å². The van der Waals surface area contributed by atoms with E-state index in [1.807, 2.05) is 18.2 Å². The first-order valence-electron chi connectivity index (χ1n) is 5.59. The summed E-state index contributed by atoms with van der Waals surface area (Å²) in [6.45, 7) is 8.04. The van der Waals surface area contributed by atoms with Crippen molar-refractivity contribution in [3.8, 4) is 5.75 Å². The number of nitrogens with one attached hydrogen (secondary N) is 1. The van der Waals surface area contributed by atoms with Crippen molar-refractivity contribution >= 4 is 27.5 Å². The minimum Gasteiger partial charge on any atom is -0.486 e. The van der Waals surface area contributed by atoms with Gasteiger partial charge in [0.1, 0.15) is 12.4 Å². The van der Waals surface area contributed by atoms with Crippen molar-refractivity contribution in [1.29, 1.82) is 0 Å². The van der Waals surface area contributed by atoms with E-state index in [4.69, 9.17) is 16.3 Å². The molecule has 4 heteroatoms. The largest absolute Gasteiger partial charge is 0.486 e. The van der Waals surface area contributed by atoms with E-state index in [-0.39, 0.29) is 0 Å². The highest BCUT2D eigenvalue weighted by molar-refractivity contribution is 9.11. The lowest BCUT2D eigenvalue weighted by atomic mass is 10.2. The van der Waals surface area contributed by atoms with Crippen molar-refractivity contribution in [3.05, 3.63) is 39.8 Å². The summed E-state index contributed by atoms with van der Waals surface area (Å²) >= 11 is 9.39. The molecule has 1 N–H and O–H groups in total. The zero-order chi connectivity index (χ0) is 12.7. The Hall–Kier alpha value is -0.510. The number of benzene rings is 1. The van der Waals surface area contributed by atoms with Crippen molar-refractivity contribution in [1.82, 2.24) is 5.32 Å². The molecular formula is C13H17BrClNO. The van der Waals surface area contributed by atoms with Crippen LogP contribution in [-0.4, -0.2) is 13.2 Å². The lowest BCUT2D eigenvalue weighted by molar-refractivity contribution is 0.356. The maximum Gasteiger partial charge on any atom is 0.142 e. The smallest absolute Gasteiger partial charge is 0.142 e. The Morgan fingerprint density at radius 3 is 2.94 bits per heavy atom. The summed E-state index contributed by atoms with van der Waals surface area (Å²) < 4.78 is 6.44. The van der Waals surface area contributed by atoms with Gasteiger partial charge in [0.2, 0.25) is 0 Å². The van der Waals surface area contributed by atoms with Crippen LogP contribution in [0, 0.1) is 0 Å². The minimum atomic E-state index is 0.421. The van der Waals surface area contributed by atoms with Crippen LogP contribution in [0.3, 0.4) is 0 Å². The van der Waals surface area contributed by atoms with Gasteiger partial charge >= 0.3 is 0 Å². The Bertz CT molecular complexity index is 382. The third-order valence-electron chi connectivity index (χ3n) is 2.16. The predicted molar refractivity (Wildman–Crippen MR) is 77.0 cm³/mol. The van der Waals surface area contributed by atoms with E-state index in [1.165, 1.54) is 0 Å².